The van der Waals surface area contributed by atoms with Crippen LogP contribution in [0.5, 0.6) is 0 Å². The van der Waals surface area contributed by atoms with E-state index in [1.165, 1.54) is 14.0 Å². The minimum Gasteiger partial charge on any atom is -0.468 e. The summed E-state index contributed by atoms with van der Waals surface area (Å²) in [5, 5.41) is 2.65. The maximum absolute atomic E-state index is 12.6. The first-order chi connectivity index (χ1) is 8.83. The molecule has 0 bridgehead atoms. The van der Waals surface area contributed by atoms with Gasteiger partial charge in [0.05, 0.1) is 13.5 Å². The van der Waals surface area contributed by atoms with Crippen LogP contribution >= 0.6 is 0 Å². The van der Waals surface area contributed by atoms with Gasteiger partial charge in [0.15, 0.2) is 0 Å². The second kappa shape index (κ2) is 6.56. The molecule has 2 atom stereocenters. The number of hydrogen-bond acceptors (Lipinski definition) is 3. The molecule has 1 unspecified atom stereocenters. The summed E-state index contributed by atoms with van der Waals surface area (Å²) in [5.74, 6) is -0.594. The number of halogens is 3. The van der Waals surface area contributed by atoms with Crippen LogP contribution in [-0.2, 0) is 9.53 Å². The van der Waals surface area contributed by atoms with Crippen molar-refractivity contribution in [1.29, 1.82) is 0 Å². The molecule has 0 radical (unpaired) electrons. The molecule has 0 heterocycles. The monoisotopic (exact) mass is 275 g/mol. The maximum atomic E-state index is 12.6. The van der Waals surface area contributed by atoms with E-state index in [0.29, 0.717) is 5.56 Å². The predicted molar refractivity (Wildman–Crippen MR) is 64.5 cm³/mol. The third-order valence-electron chi connectivity index (χ3n) is 2.64. The third-order valence-corrected chi connectivity index (χ3v) is 2.64. The number of esters is 1. The Morgan fingerprint density at radius 2 is 1.89 bits per heavy atom. The molecule has 0 spiro atoms. The summed E-state index contributed by atoms with van der Waals surface area (Å²) in [6.45, 7) is 1.47. The van der Waals surface area contributed by atoms with Crippen molar-refractivity contribution in [2.45, 2.75) is 31.6 Å². The molecule has 0 saturated carbocycles. The molecule has 0 amide bonds. The first-order valence-electron chi connectivity index (χ1n) is 5.79. The fourth-order valence-electron chi connectivity index (χ4n) is 1.74. The van der Waals surface area contributed by atoms with E-state index in [2.05, 4.69) is 10.1 Å². The zero-order valence-corrected chi connectivity index (χ0v) is 10.7. The quantitative estimate of drug-likeness (QED) is 0.840. The van der Waals surface area contributed by atoms with Crippen molar-refractivity contribution >= 4 is 5.97 Å². The van der Waals surface area contributed by atoms with Crippen molar-refractivity contribution in [2.24, 2.45) is 0 Å². The highest BCUT2D eigenvalue weighted by Gasteiger charge is 2.33. The van der Waals surface area contributed by atoms with E-state index in [4.69, 9.17) is 0 Å². The highest BCUT2D eigenvalue weighted by atomic mass is 19.4. The topological polar surface area (TPSA) is 38.3 Å². The van der Waals surface area contributed by atoms with Crippen LogP contribution in [0.3, 0.4) is 0 Å². The fraction of sp³-hybridized carbons (Fsp3) is 0.462. The van der Waals surface area contributed by atoms with Crippen LogP contribution in [0.1, 0.15) is 24.9 Å². The number of carbonyl (C=O) groups excluding carboxylic acids is 1. The van der Waals surface area contributed by atoms with E-state index < -0.39 is 30.7 Å². The van der Waals surface area contributed by atoms with Crippen molar-refractivity contribution in [3.8, 4) is 0 Å². The molecule has 0 aliphatic heterocycles. The minimum atomic E-state index is -4.32. The van der Waals surface area contributed by atoms with E-state index in [1.54, 1.807) is 30.3 Å². The molecule has 0 saturated heterocycles. The molecule has 1 aromatic carbocycles. The molecular weight excluding hydrogens is 259 g/mol. The van der Waals surface area contributed by atoms with Crippen LogP contribution in [0.15, 0.2) is 30.3 Å². The number of methoxy groups -OCH3 is 1. The molecule has 0 aliphatic carbocycles. The molecule has 0 aliphatic rings. The van der Waals surface area contributed by atoms with Gasteiger partial charge in [-0.25, -0.2) is 0 Å². The van der Waals surface area contributed by atoms with Gasteiger partial charge in [0.25, 0.3) is 0 Å². The van der Waals surface area contributed by atoms with E-state index in [-0.39, 0.29) is 0 Å². The number of nitrogens with one attached hydrogen (secondary N) is 1. The van der Waals surface area contributed by atoms with E-state index in [1.807, 2.05) is 0 Å². The van der Waals surface area contributed by atoms with Gasteiger partial charge in [-0.05, 0) is 12.5 Å². The first-order valence-corrected chi connectivity index (χ1v) is 5.79. The molecule has 1 rings (SSSR count). The van der Waals surface area contributed by atoms with Gasteiger partial charge in [-0.2, -0.15) is 13.2 Å². The molecule has 0 aromatic heterocycles. The van der Waals surface area contributed by atoms with Crippen molar-refractivity contribution < 1.29 is 22.7 Å². The number of alkyl halides is 3. The predicted octanol–water partition coefficient (Wildman–Crippen LogP) is 2.83. The molecule has 6 heteroatoms. The number of hydrogen-bond donors (Lipinski definition) is 1. The van der Waals surface area contributed by atoms with Gasteiger partial charge in [0.1, 0.15) is 6.04 Å². The molecule has 1 N–H and O–H groups in total. The standard InChI is InChI=1S/C13H16F3NO2/c1-9(12(18)19-2)17-11(8-13(14,15)16)10-6-4-3-5-7-10/h3-7,9,11,17H,8H2,1-2H3/t9-,11?/m0/s1. The summed E-state index contributed by atoms with van der Waals surface area (Å²) in [6, 6.07) is 6.43. The number of rotatable bonds is 5. The van der Waals surface area contributed by atoms with Gasteiger partial charge >= 0.3 is 12.1 Å². The van der Waals surface area contributed by atoms with Gasteiger partial charge < -0.3 is 4.74 Å². The summed E-state index contributed by atoms with van der Waals surface area (Å²) in [5.41, 5.74) is 0.482. The van der Waals surface area contributed by atoms with Crippen LogP contribution in [0.4, 0.5) is 13.2 Å². The van der Waals surface area contributed by atoms with Gasteiger partial charge in [-0.3, -0.25) is 10.1 Å². The van der Waals surface area contributed by atoms with Crippen LogP contribution in [0.2, 0.25) is 0 Å². The van der Waals surface area contributed by atoms with Crippen LogP contribution in [0, 0.1) is 0 Å². The lowest BCUT2D eigenvalue weighted by atomic mass is 10.0. The second-order valence-electron chi connectivity index (χ2n) is 4.19. The number of benzene rings is 1. The van der Waals surface area contributed by atoms with Crippen molar-refractivity contribution in [3.63, 3.8) is 0 Å². The Labute approximate surface area is 109 Å². The maximum Gasteiger partial charge on any atom is 0.390 e. The van der Waals surface area contributed by atoms with Crippen LogP contribution in [-0.4, -0.2) is 25.3 Å². The van der Waals surface area contributed by atoms with E-state index in [0.717, 1.165) is 0 Å². The van der Waals surface area contributed by atoms with Crippen molar-refractivity contribution in [2.75, 3.05) is 7.11 Å². The van der Waals surface area contributed by atoms with Crippen LogP contribution < -0.4 is 5.32 Å². The smallest absolute Gasteiger partial charge is 0.390 e. The summed E-state index contributed by atoms with van der Waals surface area (Å²) < 4.78 is 42.2. The Morgan fingerprint density at radius 1 is 1.32 bits per heavy atom. The Bertz CT molecular complexity index is 406. The Balaban J connectivity index is 2.85. The third kappa shape index (κ3) is 5.30. The zero-order chi connectivity index (χ0) is 14.5. The lowest BCUT2D eigenvalue weighted by Gasteiger charge is -2.23. The second-order valence-corrected chi connectivity index (χ2v) is 4.19. The van der Waals surface area contributed by atoms with Crippen molar-refractivity contribution in [3.05, 3.63) is 35.9 Å². The normalized spacial score (nSPS) is 14.8. The van der Waals surface area contributed by atoms with Gasteiger partial charge in [0.2, 0.25) is 0 Å². The van der Waals surface area contributed by atoms with Gasteiger partial charge in [0, 0.05) is 6.04 Å². The van der Waals surface area contributed by atoms with Gasteiger partial charge in [-0.1, -0.05) is 30.3 Å². The number of ether oxygens (including phenoxy) is 1. The minimum absolute atomic E-state index is 0.482. The summed E-state index contributed by atoms with van der Waals surface area (Å²) in [7, 11) is 1.20. The van der Waals surface area contributed by atoms with E-state index >= 15 is 0 Å². The van der Waals surface area contributed by atoms with Crippen molar-refractivity contribution in [1.82, 2.24) is 5.32 Å². The first kappa shape index (κ1) is 15.5. The zero-order valence-electron chi connectivity index (χ0n) is 10.7. The fourth-order valence-corrected chi connectivity index (χ4v) is 1.74. The SMILES string of the molecule is COC(=O)[C@H](C)NC(CC(F)(F)F)c1ccccc1. The molecule has 19 heavy (non-hydrogen) atoms. The molecule has 1 aromatic rings. The highest BCUT2D eigenvalue weighted by Crippen LogP contribution is 2.29. The molecular formula is C13H16F3NO2. The Hall–Kier alpha value is -1.56. The summed E-state index contributed by atoms with van der Waals surface area (Å²) >= 11 is 0. The average Bonchev–Trinajstić information content (AvgIpc) is 2.36. The van der Waals surface area contributed by atoms with E-state index in [9.17, 15) is 18.0 Å². The Morgan fingerprint density at radius 3 is 2.37 bits per heavy atom. The van der Waals surface area contributed by atoms with Crippen LogP contribution in [0.25, 0.3) is 0 Å². The Kier molecular flexibility index (Phi) is 5.35. The lowest BCUT2D eigenvalue weighted by Crippen LogP contribution is -2.39. The largest absolute Gasteiger partial charge is 0.468 e. The molecule has 106 valence electrons. The summed E-state index contributed by atoms with van der Waals surface area (Å²) in [6.07, 6.45) is -5.36. The highest BCUT2D eigenvalue weighted by molar-refractivity contribution is 5.75. The average molecular weight is 275 g/mol. The summed E-state index contributed by atoms with van der Waals surface area (Å²) in [4.78, 5) is 11.3. The lowest BCUT2D eigenvalue weighted by molar-refractivity contribution is -0.148. The number of carbonyl (C=O) groups is 1. The molecule has 0 fully saturated rings. The van der Waals surface area contributed by atoms with Gasteiger partial charge in [-0.15, -0.1) is 0 Å². The molecule has 3 nitrogen and oxygen atoms in total.